The number of rotatable bonds is 3. The van der Waals surface area contributed by atoms with Crippen molar-refractivity contribution in [1.29, 1.82) is 0 Å². The lowest BCUT2D eigenvalue weighted by atomic mass is 10.1. The van der Waals surface area contributed by atoms with Gasteiger partial charge in [0.15, 0.2) is 0 Å². The molecule has 1 amide bonds. The first-order valence-corrected chi connectivity index (χ1v) is 6.95. The lowest BCUT2D eigenvalue weighted by molar-refractivity contribution is 0.0602. The maximum absolute atomic E-state index is 12.2. The molecule has 0 aliphatic rings. The number of carbonyl (C=O) groups excluding carboxylic acids is 2. The summed E-state index contributed by atoms with van der Waals surface area (Å²) >= 11 is 1.37. The van der Waals surface area contributed by atoms with Gasteiger partial charge in [-0.1, -0.05) is 11.6 Å². The molecule has 0 aliphatic carbocycles. The maximum atomic E-state index is 12.2. The molecule has 0 atom stereocenters. The predicted molar refractivity (Wildman–Crippen MR) is 79.5 cm³/mol. The normalized spacial score (nSPS) is 10.2. The van der Waals surface area contributed by atoms with Crippen molar-refractivity contribution in [3.63, 3.8) is 0 Å². The molecule has 0 fully saturated rings. The third kappa shape index (κ3) is 2.88. The van der Waals surface area contributed by atoms with Crippen molar-refractivity contribution in [2.75, 3.05) is 12.4 Å². The highest BCUT2D eigenvalue weighted by atomic mass is 32.1. The molecule has 104 valence electrons. The fourth-order valence-corrected chi connectivity index (χ4v) is 2.65. The van der Waals surface area contributed by atoms with Crippen LogP contribution < -0.4 is 5.32 Å². The van der Waals surface area contributed by atoms with Crippen molar-refractivity contribution >= 4 is 28.9 Å². The van der Waals surface area contributed by atoms with Crippen molar-refractivity contribution in [3.05, 3.63) is 51.2 Å². The van der Waals surface area contributed by atoms with Gasteiger partial charge in [-0.15, -0.1) is 11.3 Å². The van der Waals surface area contributed by atoms with Gasteiger partial charge in [-0.3, -0.25) is 4.79 Å². The number of aryl methyl sites for hydroxylation is 2. The van der Waals surface area contributed by atoms with E-state index in [0.717, 1.165) is 11.1 Å². The van der Waals surface area contributed by atoms with Gasteiger partial charge in [-0.2, -0.15) is 0 Å². The molecule has 1 heterocycles. The van der Waals surface area contributed by atoms with Gasteiger partial charge in [-0.05, 0) is 43.0 Å². The van der Waals surface area contributed by atoms with Crippen molar-refractivity contribution < 1.29 is 14.3 Å². The third-order valence-corrected chi connectivity index (χ3v) is 3.91. The molecule has 0 saturated heterocycles. The fraction of sp³-hybridized carbons (Fsp3) is 0.200. The van der Waals surface area contributed by atoms with Gasteiger partial charge in [0.1, 0.15) is 0 Å². The molecule has 5 heteroatoms. The van der Waals surface area contributed by atoms with Crippen LogP contribution in [0.1, 0.15) is 31.2 Å². The number of ether oxygens (including phenoxy) is 1. The van der Waals surface area contributed by atoms with E-state index in [1.165, 1.54) is 18.4 Å². The minimum absolute atomic E-state index is 0.216. The zero-order chi connectivity index (χ0) is 14.7. The monoisotopic (exact) mass is 289 g/mol. The summed E-state index contributed by atoms with van der Waals surface area (Å²) in [4.78, 5) is 24.6. The summed E-state index contributed by atoms with van der Waals surface area (Å²) in [5.74, 6) is -0.682. The number of amides is 1. The smallest absolute Gasteiger partial charge is 0.339 e. The van der Waals surface area contributed by atoms with Crippen molar-refractivity contribution in [2.45, 2.75) is 13.8 Å². The van der Waals surface area contributed by atoms with Crippen LogP contribution >= 0.6 is 11.3 Å². The van der Waals surface area contributed by atoms with E-state index >= 15 is 0 Å². The average Bonchev–Trinajstić information content (AvgIpc) is 2.86. The van der Waals surface area contributed by atoms with E-state index in [1.54, 1.807) is 12.1 Å². The zero-order valence-corrected chi connectivity index (χ0v) is 12.3. The molecular weight excluding hydrogens is 274 g/mol. The van der Waals surface area contributed by atoms with E-state index in [0.29, 0.717) is 16.1 Å². The van der Waals surface area contributed by atoms with Crippen LogP contribution in [0.15, 0.2) is 29.6 Å². The van der Waals surface area contributed by atoms with Crippen LogP contribution in [0.5, 0.6) is 0 Å². The lowest BCUT2D eigenvalue weighted by Crippen LogP contribution is -2.15. The Morgan fingerprint density at radius 2 is 1.95 bits per heavy atom. The van der Waals surface area contributed by atoms with Crippen molar-refractivity contribution in [1.82, 2.24) is 0 Å². The van der Waals surface area contributed by atoms with Crippen molar-refractivity contribution in [2.24, 2.45) is 0 Å². The number of methoxy groups -OCH3 is 1. The number of nitrogens with one attached hydrogen (secondary N) is 1. The Balaban J connectivity index is 2.32. The molecular formula is C15H15NO3S. The first kappa shape index (κ1) is 14.3. The molecule has 4 nitrogen and oxygen atoms in total. The lowest BCUT2D eigenvalue weighted by Gasteiger charge is -2.10. The number of carbonyl (C=O) groups is 2. The molecule has 0 unspecified atom stereocenters. The van der Waals surface area contributed by atoms with Crippen LogP contribution in [-0.4, -0.2) is 19.0 Å². The number of anilines is 1. The quantitative estimate of drug-likeness (QED) is 0.881. The predicted octanol–water partition coefficient (Wildman–Crippen LogP) is 3.40. The summed E-state index contributed by atoms with van der Waals surface area (Å²) in [6.45, 7) is 3.75. The molecule has 1 aromatic heterocycles. The van der Waals surface area contributed by atoms with E-state index in [-0.39, 0.29) is 5.91 Å². The van der Waals surface area contributed by atoms with Gasteiger partial charge >= 0.3 is 5.97 Å². The highest BCUT2D eigenvalue weighted by Gasteiger charge is 2.16. The maximum Gasteiger partial charge on any atom is 0.339 e. The molecule has 2 aromatic rings. The highest BCUT2D eigenvalue weighted by molar-refractivity contribution is 7.12. The zero-order valence-electron chi connectivity index (χ0n) is 11.5. The Morgan fingerprint density at radius 1 is 1.20 bits per heavy atom. The Labute approximate surface area is 121 Å². The summed E-state index contributed by atoms with van der Waals surface area (Å²) in [5, 5.41) is 4.63. The summed E-state index contributed by atoms with van der Waals surface area (Å²) in [5.41, 5.74) is 2.66. The van der Waals surface area contributed by atoms with E-state index in [4.69, 9.17) is 4.74 Å². The van der Waals surface area contributed by atoms with E-state index in [1.807, 2.05) is 31.4 Å². The standard InChI is InChI=1S/C15H15NO3S/c1-9-4-5-12(11(8-9)15(18)19-3)16-14(17)13-10(2)6-7-20-13/h4-8H,1-3H3,(H,16,17). The molecule has 0 aliphatic heterocycles. The number of hydrogen-bond acceptors (Lipinski definition) is 4. The van der Waals surface area contributed by atoms with Crippen LogP contribution in [0, 0.1) is 13.8 Å². The Bertz CT molecular complexity index is 661. The number of hydrogen-bond donors (Lipinski definition) is 1. The van der Waals surface area contributed by atoms with Crippen LogP contribution in [0.25, 0.3) is 0 Å². The Morgan fingerprint density at radius 3 is 2.55 bits per heavy atom. The van der Waals surface area contributed by atoms with E-state index in [9.17, 15) is 9.59 Å². The first-order valence-electron chi connectivity index (χ1n) is 6.07. The van der Waals surface area contributed by atoms with Gasteiger partial charge in [0.25, 0.3) is 5.91 Å². The van der Waals surface area contributed by atoms with Crippen LogP contribution in [0.4, 0.5) is 5.69 Å². The number of benzene rings is 1. The van der Waals surface area contributed by atoms with Crippen LogP contribution in [-0.2, 0) is 4.74 Å². The Kier molecular flexibility index (Phi) is 4.20. The minimum atomic E-state index is -0.466. The molecule has 0 spiro atoms. The van der Waals surface area contributed by atoms with Crippen molar-refractivity contribution in [3.8, 4) is 0 Å². The third-order valence-electron chi connectivity index (χ3n) is 2.90. The van der Waals surface area contributed by atoms with Crippen LogP contribution in [0.3, 0.4) is 0 Å². The van der Waals surface area contributed by atoms with Gasteiger partial charge in [0.2, 0.25) is 0 Å². The topological polar surface area (TPSA) is 55.4 Å². The molecule has 1 aromatic carbocycles. The summed E-state index contributed by atoms with van der Waals surface area (Å²) in [6, 6.07) is 7.13. The number of thiophene rings is 1. The van der Waals surface area contributed by atoms with Gasteiger partial charge in [-0.25, -0.2) is 4.79 Å². The minimum Gasteiger partial charge on any atom is -0.465 e. The molecule has 1 N–H and O–H groups in total. The first-order chi connectivity index (χ1) is 9.52. The molecule has 0 saturated carbocycles. The van der Waals surface area contributed by atoms with E-state index < -0.39 is 5.97 Å². The average molecular weight is 289 g/mol. The van der Waals surface area contributed by atoms with Gasteiger partial charge < -0.3 is 10.1 Å². The number of esters is 1. The molecule has 0 radical (unpaired) electrons. The molecule has 0 bridgehead atoms. The Hall–Kier alpha value is -2.14. The SMILES string of the molecule is COC(=O)c1cc(C)ccc1NC(=O)c1sccc1C. The van der Waals surface area contributed by atoms with Gasteiger partial charge in [0, 0.05) is 0 Å². The summed E-state index contributed by atoms with van der Waals surface area (Å²) in [6.07, 6.45) is 0. The second-order valence-electron chi connectivity index (χ2n) is 4.43. The summed E-state index contributed by atoms with van der Waals surface area (Å²) < 4.78 is 4.74. The second kappa shape index (κ2) is 5.88. The van der Waals surface area contributed by atoms with Crippen LogP contribution in [0.2, 0.25) is 0 Å². The molecule has 2 rings (SSSR count). The van der Waals surface area contributed by atoms with Gasteiger partial charge in [0.05, 0.1) is 23.2 Å². The summed E-state index contributed by atoms with van der Waals surface area (Å²) in [7, 11) is 1.32. The largest absolute Gasteiger partial charge is 0.465 e. The fourth-order valence-electron chi connectivity index (χ4n) is 1.83. The van der Waals surface area contributed by atoms with E-state index in [2.05, 4.69) is 5.32 Å². The molecule has 20 heavy (non-hydrogen) atoms. The highest BCUT2D eigenvalue weighted by Crippen LogP contribution is 2.22. The second-order valence-corrected chi connectivity index (χ2v) is 5.34.